The molecule has 1 fully saturated rings. The van der Waals surface area contributed by atoms with E-state index in [1.807, 2.05) is 0 Å². The minimum absolute atomic E-state index is 0. The maximum Gasteiger partial charge on any atom is 0.293 e. The van der Waals surface area contributed by atoms with Gasteiger partial charge in [-0.25, -0.2) is 0 Å². The van der Waals surface area contributed by atoms with Gasteiger partial charge in [-0.3, -0.25) is 14.9 Å². The Morgan fingerprint density at radius 2 is 2.14 bits per heavy atom. The molecule has 4 N–H and O–H groups in total. The van der Waals surface area contributed by atoms with Gasteiger partial charge < -0.3 is 16.4 Å². The summed E-state index contributed by atoms with van der Waals surface area (Å²) < 4.78 is 0. The minimum atomic E-state index is -0.471. The molecule has 8 heteroatoms. The van der Waals surface area contributed by atoms with Gasteiger partial charge >= 0.3 is 0 Å². The van der Waals surface area contributed by atoms with Crippen LogP contribution in [-0.4, -0.2) is 30.0 Å². The quantitative estimate of drug-likeness (QED) is 0.403. The van der Waals surface area contributed by atoms with Gasteiger partial charge in [-0.15, -0.1) is 12.4 Å². The van der Waals surface area contributed by atoms with Crippen LogP contribution in [-0.2, 0) is 0 Å². The Kier molecular flexibility index (Phi) is 6.39. The lowest BCUT2D eigenvalue weighted by Crippen LogP contribution is -2.26. The summed E-state index contributed by atoms with van der Waals surface area (Å²) in [6, 6.07) is 4.81. The number of halogens is 1. The predicted octanol–water partition coefficient (Wildman–Crippen LogP) is 1.67. The lowest BCUT2D eigenvalue weighted by Gasteiger charge is -2.08. The molecule has 0 aliphatic heterocycles. The van der Waals surface area contributed by atoms with Gasteiger partial charge in [0.1, 0.15) is 5.69 Å². The van der Waals surface area contributed by atoms with Gasteiger partial charge in [0.25, 0.3) is 11.6 Å². The second-order valence-electron chi connectivity index (χ2n) is 4.81. The van der Waals surface area contributed by atoms with Gasteiger partial charge in [0.15, 0.2) is 0 Å². The largest absolute Gasteiger partial charge is 0.377 e. The number of amides is 1. The first-order valence-electron chi connectivity index (χ1n) is 6.65. The molecule has 1 aliphatic rings. The van der Waals surface area contributed by atoms with Gasteiger partial charge in [0, 0.05) is 24.2 Å². The molecule has 1 amide bonds. The topological polar surface area (TPSA) is 110 Å². The number of nitrogens with one attached hydrogen (secondary N) is 2. The summed E-state index contributed by atoms with van der Waals surface area (Å²) in [6.07, 6.45) is 2.73. The third-order valence-corrected chi connectivity index (χ3v) is 3.06. The molecule has 2 rings (SSSR count). The number of nitrogens with two attached hydrogens (primary N) is 1. The SMILES string of the molecule is Cl.NCCCNC(=O)c1ccc(NC2CC2)c([N+](=O)[O-])c1. The molecule has 0 spiro atoms. The van der Waals surface area contributed by atoms with Crippen molar-refractivity contribution in [1.82, 2.24) is 5.32 Å². The average molecular weight is 315 g/mol. The van der Waals surface area contributed by atoms with Crippen LogP contribution in [0.3, 0.4) is 0 Å². The lowest BCUT2D eigenvalue weighted by atomic mass is 10.1. The number of anilines is 1. The van der Waals surface area contributed by atoms with E-state index in [4.69, 9.17) is 5.73 Å². The van der Waals surface area contributed by atoms with Crippen LogP contribution < -0.4 is 16.4 Å². The molecule has 1 aliphatic carbocycles. The number of carbonyl (C=O) groups is 1. The van der Waals surface area contributed by atoms with Crippen LogP contribution in [0.15, 0.2) is 18.2 Å². The van der Waals surface area contributed by atoms with Gasteiger partial charge in [-0.05, 0) is 37.9 Å². The number of carbonyl (C=O) groups excluding carboxylic acids is 1. The van der Waals surface area contributed by atoms with Crippen LogP contribution in [0.25, 0.3) is 0 Å². The van der Waals surface area contributed by atoms with Crippen molar-refractivity contribution in [2.45, 2.75) is 25.3 Å². The number of rotatable bonds is 7. The highest BCUT2D eigenvalue weighted by atomic mass is 35.5. The molecule has 0 bridgehead atoms. The van der Waals surface area contributed by atoms with E-state index in [9.17, 15) is 14.9 Å². The number of nitrogens with zero attached hydrogens (tertiary/aromatic N) is 1. The predicted molar refractivity (Wildman–Crippen MR) is 83.0 cm³/mol. The standard InChI is InChI=1S/C13H18N4O3.ClH/c14-6-1-7-15-13(18)9-2-5-11(16-10-3-4-10)12(8-9)17(19)20;/h2,5,8,10,16H,1,3-4,6-7,14H2,(H,15,18);1H. The molecule has 1 saturated carbocycles. The van der Waals surface area contributed by atoms with Crippen LogP contribution in [0.5, 0.6) is 0 Å². The first-order chi connectivity index (χ1) is 9.61. The van der Waals surface area contributed by atoms with Gasteiger partial charge in [0.2, 0.25) is 0 Å². The highest BCUT2D eigenvalue weighted by molar-refractivity contribution is 5.95. The average Bonchev–Trinajstić information content (AvgIpc) is 3.23. The number of hydrogen-bond acceptors (Lipinski definition) is 5. The third-order valence-electron chi connectivity index (χ3n) is 3.06. The smallest absolute Gasteiger partial charge is 0.293 e. The van der Waals surface area contributed by atoms with E-state index < -0.39 is 4.92 Å². The van der Waals surface area contributed by atoms with E-state index in [2.05, 4.69) is 10.6 Å². The summed E-state index contributed by atoms with van der Waals surface area (Å²) in [7, 11) is 0. The van der Waals surface area contributed by atoms with Crippen molar-refractivity contribution in [3.8, 4) is 0 Å². The second kappa shape index (κ2) is 7.80. The Bertz CT molecular complexity index is 520. The lowest BCUT2D eigenvalue weighted by molar-refractivity contribution is -0.384. The number of hydrogen-bond donors (Lipinski definition) is 3. The van der Waals surface area contributed by atoms with Crippen molar-refractivity contribution in [3.63, 3.8) is 0 Å². The fourth-order valence-electron chi connectivity index (χ4n) is 1.80. The first kappa shape index (κ1) is 17.2. The molecule has 0 unspecified atom stereocenters. The molecule has 0 aromatic heterocycles. The molecule has 0 heterocycles. The second-order valence-corrected chi connectivity index (χ2v) is 4.81. The highest BCUT2D eigenvalue weighted by Gasteiger charge is 2.25. The van der Waals surface area contributed by atoms with Gasteiger partial charge in [-0.2, -0.15) is 0 Å². The zero-order chi connectivity index (χ0) is 14.5. The Balaban J connectivity index is 0.00000220. The summed E-state index contributed by atoms with van der Waals surface area (Å²) in [5.41, 5.74) is 6.03. The zero-order valence-corrected chi connectivity index (χ0v) is 12.3. The molecular formula is C13H19ClN4O3. The van der Waals surface area contributed by atoms with E-state index in [1.165, 1.54) is 6.07 Å². The molecule has 7 nitrogen and oxygen atoms in total. The number of nitro groups is 1. The first-order valence-corrected chi connectivity index (χ1v) is 6.65. The monoisotopic (exact) mass is 314 g/mol. The maximum absolute atomic E-state index is 11.8. The van der Waals surface area contributed by atoms with E-state index in [-0.39, 0.29) is 29.6 Å². The maximum atomic E-state index is 11.8. The van der Waals surface area contributed by atoms with Crippen LogP contribution in [0.4, 0.5) is 11.4 Å². The Morgan fingerprint density at radius 1 is 1.43 bits per heavy atom. The summed E-state index contributed by atoms with van der Waals surface area (Å²) in [5.74, 6) is -0.320. The van der Waals surface area contributed by atoms with Crippen molar-refractivity contribution in [1.29, 1.82) is 0 Å². The van der Waals surface area contributed by atoms with Crippen LogP contribution in [0, 0.1) is 10.1 Å². The highest BCUT2D eigenvalue weighted by Crippen LogP contribution is 2.31. The summed E-state index contributed by atoms with van der Waals surface area (Å²) >= 11 is 0. The van der Waals surface area contributed by atoms with Crippen molar-refractivity contribution >= 4 is 29.7 Å². The fourth-order valence-corrected chi connectivity index (χ4v) is 1.80. The summed E-state index contributed by atoms with van der Waals surface area (Å²) in [5, 5.41) is 16.8. The molecule has 21 heavy (non-hydrogen) atoms. The fraction of sp³-hybridized carbons (Fsp3) is 0.462. The van der Waals surface area contributed by atoms with Crippen LogP contribution in [0.2, 0.25) is 0 Å². The zero-order valence-electron chi connectivity index (χ0n) is 11.5. The Morgan fingerprint density at radius 3 is 2.71 bits per heavy atom. The van der Waals surface area contributed by atoms with Crippen molar-refractivity contribution in [3.05, 3.63) is 33.9 Å². The number of benzene rings is 1. The van der Waals surface area contributed by atoms with E-state index in [1.54, 1.807) is 12.1 Å². The third kappa shape index (κ3) is 4.87. The molecule has 1 aromatic carbocycles. The van der Waals surface area contributed by atoms with Crippen LogP contribution in [0.1, 0.15) is 29.6 Å². The van der Waals surface area contributed by atoms with E-state index >= 15 is 0 Å². The Hall–Kier alpha value is -1.86. The van der Waals surface area contributed by atoms with Crippen LogP contribution >= 0.6 is 12.4 Å². The molecule has 1 aromatic rings. The molecule has 116 valence electrons. The van der Waals surface area contributed by atoms with Crippen molar-refractivity contribution in [2.75, 3.05) is 18.4 Å². The van der Waals surface area contributed by atoms with Gasteiger partial charge in [-0.1, -0.05) is 0 Å². The molecule has 0 radical (unpaired) electrons. The van der Waals surface area contributed by atoms with E-state index in [0.717, 1.165) is 12.8 Å². The van der Waals surface area contributed by atoms with E-state index in [0.29, 0.717) is 31.2 Å². The summed E-state index contributed by atoms with van der Waals surface area (Å²) in [6.45, 7) is 0.954. The number of nitro benzene ring substituents is 1. The normalized spacial score (nSPS) is 13.2. The summed E-state index contributed by atoms with van der Waals surface area (Å²) in [4.78, 5) is 22.5. The van der Waals surface area contributed by atoms with Crippen molar-refractivity contribution < 1.29 is 9.72 Å². The minimum Gasteiger partial charge on any atom is -0.377 e. The molecule has 0 atom stereocenters. The molecule has 0 saturated heterocycles. The molecular weight excluding hydrogens is 296 g/mol. The Labute approximate surface area is 128 Å². The van der Waals surface area contributed by atoms with Crippen molar-refractivity contribution in [2.24, 2.45) is 5.73 Å². The van der Waals surface area contributed by atoms with Gasteiger partial charge in [0.05, 0.1) is 4.92 Å².